The molecule has 8 rings (SSSR count). The third kappa shape index (κ3) is 1.71. The summed E-state index contributed by atoms with van der Waals surface area (Å²) in [7, 11) is 0. The monoisotopic (exact) mass is 389 g/mol. The number of nitrogens with zero attached hydrogens (tertiary/aromatic N) is 3. The number of benzene rings is 1. The molecule has 1 unspecified atom stereocenters. The van der Waals surface area contributed by atoms with Crippen molar-refractivity contribution in [3.63, 3.8) is 0 Å². The molecule has 144 valence electrons. The highest BCUT2D eigenvalue weighted by Crippen LogP contribution is 2.68. The van der Waals surface area contributed by atoms with Crippen LogP contribution in [0.5, 0.6) is 0 Å². The molecule has 0 amide bonds. The Morgan fingerprint density at radius 3 is 2.46 bits per heavy atom. The van der Waals surface area contributed by atoms with Crippen molar-refractivity contribution >= 4 is 22.0 Å². The fourth-order valence-corrected chi connectivity index (χ4v) is 8.69. The third-order valence-corrected chi connectivity index (χ3v) is 9.36. The summed E-state index contributed by atoms with van der Waals surface area (Å²) in [5.74, 6) is 3.48. The lowest BCUT2D eigenvalue weighted by Gasteiger charge is -2.63. The first kappa shape index (κ1) is 16.0. The van der Waals surface area contributed by atoms with Crippen LogP contribution in [0.4, 0.5) is 5.69 Å². The number of aryl methyl sites for hydroxylation is 1. The zero-order valence-corrected chi connectivity index (χ0v) is 17.5. The van der Waals surface area contributed by atoms with Gasteiger partial charge in [-0.15, -0.1) is 11.3 Å². The fraction of sp³-hybridized carbons (Fsp3) is 0.542. The molecule has 2 aromatic heterocycles. The van der Waals surface area contributed by atoms with E-state index in [2.05, 4.69) is 59.0 Å². The van der Waals surface area contributed by atoms with Crippen LogP contribution >= 0.6 is 11.3 Å². The van der Waals surface area contributed by atoms with E-state index in [9.17, 15) is 0 Å². The number of hydrogen-bond acceptors (Lipinski definition) is 3. The SMILES string of the molecule is Cc1ccccc1N1C(C)c2nc3sccn3c2C12C1CC3CC(C1)CC2C3. The molecule has 0 saturated heterocycles. The molecule has 0 N–H and O–H groups in total. The van der Waals surface area contributed by atoms with Crippen LogP contribution in [0.3, 0.4) is 0 Å². The number of para-hydroxylation sites is 1. The Balaban J connectivity index is 1.55. The first-order valence-corrected chi connectivity index (χ1v) is 11.9. The van der Waals surface area contributed by atoms with E-state index in [0.717, 1.165) is 23.7 Å². The molecular weight excluding hydrogens is 362 g/mol. The molecule has 1 aliphatic heterocycles. The second-order valence-electron chi connectivity index (χ2n) is 9.86. The first-order valence-electron chi connectivity index (χ1n) is 11.0. The van der Waals surface area contributed by atoms with Gasteiger partial charge in [0.2, 0.25) is 0 Å². The van der Waals surface area contributed by atoms with E-state index in [1.807, 2.05) is 0 Å². The van der Waals surface area contributed by atoms with Crippen molar-refractivity contribution in [2.75, 3.05) is 4.90 Å². The number of fused-ring (bicyclic) bond motifs is 3. The van der Waals surface area contributed by atoms with Crippen LogP contribution in [0.2, 0.25) is 0 Å². The largest absolute Gasteiger partial charge is 0.351 e. The Morgan fingerprint density at radius 2 is 1.75 bits per heavy atom. The molecule has 4 saturated carbocycles. The summed E-state index contributed by atoms with van der Waals surface area (Å²) >= 11 is 1.79. The van der Waals surface area contributed by atoms with Crippen molar-refractivity contribution in [1.82, 2.24) is 9.38 Å². The van der Waals surface area contributed by atoms with Crippen LogP contribution in [0.15, 0.2) is 35.8 Å². The average molecular weight is 390 g/mol. The van der Waals surface area contributed by atoms with E-state index in [0.29, 0.717) is 6.04 Å². The van der Waals surface area contributed by atoms with E-state index >= 15 is 0 Å². The minimum absolute atomic E-state index is 0.134. The summed E-state index contributed by atoms with van der Waals surface area (Å²) in [6, 6.07) is 9.40. The number of aromatic nitrogens is 2. The lowest BCUT2D eigenvalue weighted by Crippen LogP contribution is -2.62. The smallest absolute Gasteiger partial charge is 0.194 e. The van der Waals surface area contributed by atoms with Crippen LogP contribution in [-0.2, 0) is 5.54 Å². The van der Waals surface area contributed by atoms with Crippen LogP contribution in [0, 0.1) is 30.6 Å². The van der Waals surface area contributed by atoms with Gasteiger partial charge in [0.25, 0.3) is 0 Å². The van der Waals surface area contributed by atoms with Gasteiger partial charge in [-0.3, -0.25) is 4.40 Å². The van der Waals surface area contributed by atoms with Crippen LogP contribution < -0.4 is 4.90 Å². The number of anilines is 1. The molecule has 0 radical (unpaired) electrons. The van der Waals surface area contributed by atoms with Crippen molar-refractivity contribution in [2.45, 2.75) is 57.5 Å². The maximum Gasteiger partial charge on any atom is 0.194 e. The minimum Gasteiger partial charge on any atom is -0.351 e. The van der Waals surface area contributed by atoms with Gasteiger partial charge >= 0.3 is 0 Å². The quantitative estimate of drug-likeness (QED) is 0.514. The molecule has 3 aromatic rings. The Hall–Kier alpha value is -1.81. The number of rotatable bonds is 1. The maximum absolute atomic E-state index is 5.19. The van der Waals surface area contributed by atoms with E-state index in [1.165, 1.54) is 54.0 Å². The predicted octanol–water partition coefficient (Wildman–Crippen LogP) is 5.94. The molecule has 3 heterocycles. The summed E-state index contributed by atoms with van der Waals surface area (Å²) < 4.78 is 2.47. The lowest BCUT2D eigenvalue weighted by atomic mass is 9.47. The molecular formula is C24H27N3S. The van der Waals surface area contributed by atoms with Gasteiger partial charge in [-0.05, 0) is 81.3 Å². The standard InChI is InChI=1S/C24H27N3S/c1-14-5-3-4-6-20(14)27-15(2)21-22(26-7-8-28-23(26)25-21)24(27)18-10-16-9-17(12-18)13-19(24)11-16/h3-8,15-19H,9-13H2,1-2H3. The normalized spacial score (nSPS) is 38.1. The molecule has 4 bridgehead atoms. The lowest BCUT2D eigenvalue weighted by molar-refractivity contribution is -0.0623. The average Bonchev–Trinajstić information content (AvgIpc) is 3.32. The second kappa shape index (κ2) is 5.21. The molecule has 4 fully saturated rings. The van der Waals surface area contributed by atoms with Gasteiger partial charge in [0.15, 0.2) is 4.96 Å². The summed E-state index contributed by atoms with van der Waals surface area (Å²) in [6.07, 6.45) is 9.44. The molecule has 1 atom stereocenters. The molecule has 4 aliphatic carbocycles. The van der Waals surface area contributed by atoms with Crippen molar-refractivity contribution in [3.8, 4) is 0 Å². The molecule has 1 spiro atoms. The number of hydrogen-bond donors (Lipinski definition) is 0. The number of thiazole rings is 1. The van der Waals surface area contributed by atoms with Crippen LogP contribution in [-0.4, -0.2) is 9.38 Å². The van der Waals surface area contributed by atoms with E-state index in [1.54, 1.807) is 17.0 Å². The summed E-state index contributed by atoms with van der Waals surface area (Å²) in [5.41, 5.74) is 5.87. The van der Waals surface area contributed by atoms with Crippen molar-refractivity contribution < 1.29 is 0 Å². The Bertz CT molecular complexity index is 1060. The van der Waals surface area contributed by atoms with Crippen LogP contribution in [0.25, 0.3) is 4.96 Å². The highest BCUT2D eigenvalue weighted by atomic mass is 32.1. The zero-order valence-electron chi connectivity index (χ0n) is 16.6. The summed E-state index contributed by atoms with van der Waals surface area (Å²) in [4.78, 5) is 9.22. The van der Waals surface area contributed by atoms with Crippen molar-refractivity contribution in [2.24, 2.45) is 23.7 Å². The van der Waals surface area contributed by atoms with Gasteiger partial charge in [-0.2, -0.15) is 0 Å². The second-order valence-corrected chi connectivity index (χ2v) is 10.7. The topological polar surface area (TPSA) is 20.5 Å². The van der Waals surface area contributed by atoms with Gasteiger partial charge in [-0.1, -0.05) is 18.2 Å². The first-order chi connectivity index (χ1) is 13.7. The van der Waals surface area contributed by atoms with E-state index in [-0.39, 0.29) is 5.54 Å². The molecule has 3 nitrogen and oxygen atoms in total. The van der Waals surface area contributed by atoms with E-state index < -0.39 is 0 Å². The van der Waals surface area contributed by atoms with Crippen LogP contribution in [0.1, 0.15) is 62.0 Å². The highest BCUT2D eigenvalue weighted by molar-refractivity contribution is 7.15. The van der Waals surface area contributed by atoms with Gasteiger partial charge in [0.1, 0.15) is 0 Å². The zero-order chi connectivity index (χ0) is 18.6. The van der Waals surface area contributed by atoms with Gasteiger partial charge in [0.05, 0.1) is 23.0 Å². The minimum atomic E-state index is 0.134. The Labute approximate surface area is 170 Å². The number of imidazole rings is 1. The van der Waals surface area contributed by atoms with Crippen molar-refractivity contribution in [1.29, 1.82) is 0 Å². The molecule has 1 aromatic carbocycles. The fourth-order valence-electron chi connectivity index (χ4n) is 7.97. The Kier molecular flexibility index (Phi) is 2.98. The maximum atomic E-state index is 5.19. The molecule has 5 aliphatic rings. The summed E-state index contributed by atoms with van der Waals surface area (Å²) in [6.45, 7) is 4.69. The van der Waals surface area contributed by atoms with Gasteiger partial charge in [0, 0.05) is 17.3 Å². The molecule has 4 heteroatoms. The van der Waals surface area contributed by atoms with E-state index in [4.69, 9.17) is 4.98 Å². The van der Waals surface area contributed by atoms with Crippen molar-refractivity contribution in [3.05, 3.63) is 52.8 Å². The predicted molar refractivity (Wildman–Crippen MR) is 114 cm³/mol. The Morgan fingerprint density at radius 1 is 1.04 bits per heavy atom. The van der Waals surface area contributed by atoms with Gasteiger partial charge < -0.3 is 4.90 Å². The highest BCUT2D eigenvalue weighted by Gasteiger charge is 2.66. The van der Waals surface area contributed by atoms with Gasteiger partial charge in [-0.25, -0.2) is 4.98 Å². The summed E-state index contributed by atoms with van der Waals surface area (Å²) in [5, 5.41) is 2.22. The molecule has 28 heavy (non-hydrogen) atoms. The third-order valence-electron chi connectivity index (χ3n) is 8.61.